The van der Waals surface area contributed by atoms with Gasteiger partial charge in [0.2, 0.25) is 0 Å². The fraction of sp³-hybridized carbons (Fsp3) is 0.706. The number of hydrogen-bond acceptors (Lipinski definition) is 3. The zero-order valence-corrected chi connectivity index (χ0v) is 13.3. The molecule has 2 rings (SSSR count). The summed E-state index contributed by atoms with van der Waals surface area (Å²) in [4.78, 5) is 4.66. The Bertz CT molecular complexity index is 429. The first-order valence-corrected chi connectivity index (χ1v) is 7.88. The smallest absolute Gasteiger partial charge is 0.0806 e. The third-order valence-corrected chi connectivity index (χ3v) is 4.84. The largest absolute Gasteiger partial charge is 0.377 e. The number of pyridine rings is 1. The highest BCUT2D eigenvalue weighted by Gasteiger charge is 2.41. The van der Waals surface area contributed by atoms with E-state index in [1.54, 1.807) is 0 Å². The lowest BCUT2D eigenvalue weighted by atomic mass is 9.82. The molecule has 0 radical (unpaired) electrons. The summed E-state index contributed by atoms with van der Waals surface area (Å²) in [6.45, 7) is 7.67. The maximum atomic E-state index is 5.88. The number of nitrogens with one attached hydrogen (secondary N) is 1. The summed E-state index contributed by atoms with van der Waals surface area (Å²) < 4.78 is 5.88. The van der Waals surface area contributed by atoms with Gasteiger partial charge in [0.1, 0.15) is 0 Å². The SMILES string of the molecule is CCCNC(C1CCc2cccnc21)C(C)(CC)OC. The van der Waals surface area contributed by atoms with Crippen molar-refractivity contribution in [2.24, 2.45) is 0 Å². The highest BCUT2D eigenvalue weighted by molar-refractivity contribution is 5.31. The number of hydrogen-bond donors (Lipinski definition) is 1. The summed E-state index contributed by atoms with van der Waals surface area (Å²) in [5.41, 5.74) is 2.55. The van der Waals surface area contributed by atoms with Crippen LogP contribution in [0.1, 0.15) is 57.2 Å². The second-order valence-electron chi connectivity index (χ2n) is 6.00. The molecule has 0 aromatic carbocycles. The van der Waals surface area contributed by atoms with E-state index in [2.05, 4.69) is 37.1 Å². The van der Waals surface area contributed by atoms with Gasteiger partial charge in [0.15, 0.2) is 0 Å². The van der Waals surface area contributed by atoms with Crippen molar-refractivity contribution in [3.63, 3.8) is 0 Å². The minimum atomic E-state index is -0.140. The Kier molecular flexibility index (Phi) is 5.17. The molecular weight excluding hydrogens is 248 g/mol. The molecule has 0 saturated carbocycles. The van der Waals surface area contributed by atoms with Crippen LogP contribution >= 0.6 is 0 Å². The Morgan fingerprint density at radius 1 is 1.50 bits per heavy atom. The number of aryl methyl sites for hydroxylation is 1. The van der Waals surface area contributed by atoms with Gasteiger partial charge in [-0.1, -0.05) is 19.9 Å². The lowest BCUT2D eigenvalue weighted by Gasteiger charge is -2.40. The zero-order valence-electron chi connectivity index (χ0n) is 13.3. The van der Waals surface area contributed by atoms with Crippen LogP contribution in [-0.2, 0) is 11.2 Å². The molecule has 112 valence electrons. The van der Waals surface area contributed by atoms with Gasteiger partial charge in [-0.05, 0) is 50.8 Å². The zero-order chi connectivity index (χ0) is 14.6. The number of aromatic nitrogens is 1. The Morgan fingerprint density at radius 3 is 2.95 bits per heavy atom. The molecule has 3 heteroatoms. The van der Waals surface area contributed by atoms with Gasteiger partial charge in [-0.25, -0.2) is 0 Å². The third-order valence-electron chi connectivity index (χ3n) is 4.84. The van der Waals surface area contributed by atoms with E-state index in [4.69, 9.17) is 4.74 Å². The molecule has 0 bridgehead atoms. The van der Waals surface area contributed by atoms with E-state index in [0.717, 1.165) is 25.8 Å². The van der Waals surface area contributed by atoms with Gasteiger partial charge in [0.05, 0.1) is 5.60 Å². The molecule has 3 nitrogen and oxygen atoms in total. The van der Waals surface area contributed by atoms with Crippen molar-refractivity contribution in [1.82, 2.24) is 10.3 Å². The molecule has 1 aliphatic carbocycles. The first kappa shape index (κ1) is 15.5. The average molecular weight is 276 g/mol. The molecule has 0 spiro atoms. The summed E-state index contributed by atoms with van der Waals surface area (Å²) in [6, 6.07) is 4.59. The summed E-state index contributed by atoms with van der Waals surface area (Å²) in [5, 5.41) is 3.73. The molecular formula is C17H28N2O. The van der Waals surface area contributed by atoms with Gasteiger partial charge in [-0.3, -0.25) is 4.98 Å². The predicted molar refractivity (Wildman–Crippen MR) is 83.1 cm³/mol. The van der Waals surface area contributed by atoms with Crippen molar-refractivity contribution >= 4 is 0 Å². The minimum Gasteiger partial charge on any atom is -0.377 e. The molecule has 0 aliphatic heterocycles. The predicted octanol–water partition coefficient (Wildman–Crippen LogP) is 3.29. The van der Waals surface area contributed by atoms with Crippen LogP contribution < -0.4 is 5.32 Å². The maximum Gasteiger partial charge on any atom is 0.0806 e. The monoisotopic (exact) mass is 276 g/mol. The van der Waals surface area contributed by atoms with E-state index < -0.39 is 0 Å². The maximum absolute atomic E-state index is 5.88. The topological polar surface area (TPSA) is 34.2 Å². The number of ether oxygens (including phenoxy) is 1. The van der Waals surface area contributed by atoms with E-state index >= 15 is 0 Å². The average Bonchev–Trinajstić information content (AvgIpc) is 2.91. The number of methoxy groups -OCH3 is 1. The van der Waals surface area contributed by atoms with Crippen LogP contribution in [-0.4, -0.2) is 30.3 Å². The summed E-state index contributed by atoms with van der Waals surface area (Å²) in [7, 11) is 1.83. The van der Waals surface area contributed by atoms with E-state index in [1.165, 1.54) is 17.7 Å². The van der Waals surface area contributed by atoms with Crippen molar-refractivity contribution < 1.29 is 4.74 Å². The Morgan fingerprint density at radius 2 is 2.30 bits per heavy atom. The third kappa shape index (κ3) is 2.89. The highest BCUT2D eigenvalue weighted by atomic mass is 16.5. The molecule has 3 unspecified atom stereocenters. The van der Waals surface area contributed by atoms with Gasteiger partial charge in [0.25, 0.3) is 0 Å². The second kappa shape index (κ2) is 6.68. The minimum absolute atomic E-state index is 0.140. The number of nitrogens with zero attached hydrogens (tertiary/aromatic N) is 1. The first-order valence-electron chi connectivity index (χ1n) is 7.88. The summed E-state index contributed by atoms with van der Waals surface area (Å²) >= 11 is 0. The van der Waals surface area contributed by atoms with E-state index in [1.807, 2.05) is 19.4 Å². The van der Waals surface area contributed by atoms with Crippen LogP contribution in [0.3, 0.4) is 0 Å². The molecule has 1 heterocycles. The fourth-order valence-electron chi connectivity index (χ4n) is 3.34. The van der Waals surface area contributed by atoms with Crippen molar-refractivity contribution in [3.05, 3.63) is 29.6 Å². The van der Waals surface area contributed by atoms with Crippen LogP contribution in [0.2, 0.25) is 0 Å². The van der Waals surface area contributed by atoms with Crippen molar-refractivity contribution in [3.8, 4) is 0 Å². The Hall–Kier alpha value is -0.930. The normalized spacial score (nSPS) is 22.3. The molecule has 1 N–H and O–H groups in total. The van der Waals surface area contributed by atoms with E-state index in [9.17, 15) is 0 Å². The van der Waals surface area contributed by atoms with Crippen molar-refractivity contribution in [1.29, 1.82) is 0 Å². The highest BCUT2D eigenvalue weighted by Crippen LogP contribution is 2.39. The molecule has 20 heavy (non-hydrogen) atoms. The molecule has 1 aliphatic rings. The number of fused-ring (bicyclic) bond motifs is 1. The van der Waals surface area contributed by atoms with Crippen LogP contribution in [0.5, 0.6) is 0 Å². The molecule has 0 fully saturated rings. The van der Waals surface area contributed by atoms with E-state index in [-0.39, 0.29) is 5.60 Å². The lowest BCUT2D eigenvalue weighted by Crippen LogP contribution is -2.53. The summed E-state index contributed by atoms with van der Waals surface area (Å²) in [5.74, 6) is 0.461. The lowest BCUT2D eigenvalue weighted by molar-refractivity contribution is -0.0365. The Balaban J connectivity index is 2.28. The van der Waals surface area contributed by atoms with Crippen LogP contribution in [0.4, 0.5) is 0 Å². The summed E-state index contributed by atoms with van der Waals surface area (Å²) in [6.07, 6.45) is 6.38. The van der Waals surface area contributed by atoms with Crippen LogP contribution in [0.25, 0.3) is 0 Å². The van der Waals surface area contributed by atoms with Crippen LogP contribution in [0, 0.1) is 0 Å². The van der Waals surface area contributed by atoms with Gasteiger partial charge in [-0.15, -0.1) is 0 Å². The fourth-order valence-corrected chi connectivity index (χ4v) is 3.34. The van der Waals surface area contributed by atoms with Crippen molar-refractivity contribution in [2.75, 3.05) is 13.7 Å². The molecule has 0 saturated heterocycles. The Labute approximate surface area is 123 Å². The van der Waals surface area contributed by atoms with Crippen LogP contribution in [0.15, 0.2) is 18.3 Å². The van der Waals surface area contributed by atoms with Gasteiger partial charge in [0, 0.05) is 31.0 Å². The van der Waals surface area contributed by atoms with Gasteiger partial charge >= 0.3 is 0 Å². The molecule has 1 aromatic rings. The number of rotatable bonds is 7. The molecule has 3 atom stereocenters. The van der Waals surface area contributed by atoms with E-state index in [0.29, 0.717) is 12.0 Å². The second-order valence-corrected chi connectivity index (χ2v) is 6.00. The molecule has 0 amide bonds. The van der Waals surface area contributed by atoms with Gasteiger partial charge < -0.3 is 10.1 Å². The quantitative estimate of drug-likeness (QED) is 0.829. The molecule has 1 aromatic heterocycles. The van der Waals surface area contributed by atoms with Crippen molar-refractivity contribution in [2.45, 2.75) is 64.0 Å². The van der Waals surface area contributed by atoms with Gasteiger partial charge in [-0.2, -0.15) is 0 Å². The first-order chi connectivity index (χ1) is 9.66. The standard InChI is InChI=1S/C17H28N2O/c1-5-11-19-16(17(3,6-2)20-4)14-10-9-13-8-7-12-18-15(13)14/h7-8,12,14,16,19H,5-6,9-11H2,1-4H3.